The number of alkyl halides is 2. The van der Waals surface area contributed by atoms with Gasteiger partial charge in [0.2, 0.25) is 0 Å². The molecule has 1 atom stereocenters. The fraction of sp³-hybridized carbons (Fsp3) is 0.714. The van der Waals surface area contributed by atoms with Gasteiger partial charge in [0.1, 0.15) is 0 Å². The third-order valence-electron chi connectivity index (χ3n) is 3.03. The molecule has 1 rings (SSSR count). The van der Waals surface area contributed by atoms with Crippen LogP contribution in [0.25, 0.3) is 0 Å². The summed E-state index contributed by atoms with van der Waals surface area (Å²) in [5, 5.41) is 16.0. The summed E-state index contributed by atoms with van der Waals surface area (Å²) in [6, 6.07) is 0. The van der Waals surface area contributed by atoms with Crippen LogP contribution in [0.15, 0.2) is 6.20 Å². The minimum Gasteiger partial charge on any atom is -0.391 e. The van der Waals surface area contributed by atoms with Crippen LogP contribution in [-0.4, -0.2) is 33.4 Å². The maximum atomic E-state index is 13.0. The number of hydrogen-bond donors (Lipinski definition) is 2. The van der Waals surface area contributed by atoms with Crippen LogP contribution >= 0.6 is 0 Å². The molecule has 0 fully saturated rings. The fourth-order valence-corrected chi connectivity index (χ4v) is 1.76. The van der Waals surface area contributed by atoms with Gasteiger partial charge in [-0.25, -0.2) is 8.78 Å². The van der Waals surface area contributed by atoms with Crippen molar-refractivity contribution in [1.82, 2.24) is 15.1 Å². The average molecular weight is 303 g/mol. The van der Waals surface area contributed by atoms with Crippen molar-refractivity contribution in [3.8, 4) is 0 Å². The van der Waals surface area contributed by atoms with Crippen molar-refractivity contribution in [2.45, 2.75) is 46.8 Å². The third-order valence-corrected chi connectivity index (χ3v) is 3.03. The summed E-state index contributed by atoms with van der Waals surface area (Å²) in [5.41, 5.74) is -0.659. The molecule has 5 nitrogen and oxygen atoms in total. The highest BCUT2D eigenvalue weighted by molar-refractivity contribution is 5.93. The first kappa shape index (κ1) is 17.6. The Hall–Kier alpha value is -1.50. The van der Waals surface area contributed by atoms with Gasteiger partial charge in [-0.2, -0.15) is 5.10 Å². The number of amides is 1. The topological polar surface area (TPSA) is 67.2 Å². The van der Waals surface area contributed by atoms with E-state index in [0.717, 1.165) is 0 Å². The molecule has 1 heterocycles. The molecular formula is C14H23F2N3O2. The predicted molar refractivity (Wildman–Crippen MR) is 75.2 cm³/mol. The van der Waals surface area contributed by atoms with Crippen LogP contribution in [0.1, 0.15) is 50.2 Å². The molecule has 0 bridgehead atoms. The minimum absolute atomic E-state index is 0.0101. The SMILES string of the molecule is CC(C)Cn1cc(C(F)F)c(C(=O)NCC(O)C(C)C)n1. The van der Waals surface area contributed by atoms with Crippen molar-refractivity contribution in [3.63, 3.8) is 0 Å². The Bertz CT molecular complexity index is 473. The molecule has 0 aromatic carbocycles. The summed E-state index contributed by atoms with van der Waals surface area (Å²) in [7, 11) is 0. The van der Waals surface area contributed by atoms with Crippen LogP contribution in [0.2, 0.25) is 0 Å². The molecule has 0 aliphatic carbocycles. The number of halogens is 2. The van der Waals surface area contributed by atoms with Gasteiger partial charge in [0, 0.05) is 19.3 Å². The summed E-state index contributed by atoms with van der Waals surface area (Å²) >= 11 is 0. The minimum atomic E-state index is -2.76. The van der Waals surface area contributed by atoms with Crippen LogP contribution in [0, 0.1) is 11.8 Å². The summed E-state index contributed by atoms with van der Waals surface area (Å²) in [6.45, 7) is 7.94. The molecule has 120 valence electrons. The Balaban J connectivity index is 2.84. The highest BCUT2D eigenvalue weighted by Gasteiger charge is 2.24. The van der Waals surface area contributed by atoms with E-state index >= 15 is 0 Å². The zero-order valence-electron chi connectivity index (χ0n) is 12.8. The molecule has 0 saturated heterocycles. The van der Waals surface area contributed by atoms with Crippen LogP contribution in [-0.2, 0) is 6.54 Å². The first-order valence-corrected chi connectivity index (χ1v) is 7.04. The van der Waals surface area contributed by atoms with Crippen molar-refractivity contribution in [2.75, 3.05) is 6.54 Å². The molecule has 1 unspecified atom stereocenters. The lowest BCUT2D eigenvalue weighted by molar-refractivity contribution is 0.0856. The van der Waals surface area contributed by atoms with Crippen LogP contribution in [0.5, 0.6) is 0 Å². The molecule has 0 aliphatic rings. The first-order valence-electron chi connectivity index (χ1n) is 7.04. The molecule has 7 heteroatoms. The van der Waals surface area contributed by atoms with E-state index in [-0.39, 0.29) is 29.6 Å². The Labute approximate surface area is 123 Å². The van der Waals surface area contributed by atoms with E-state index < -0.39 is 18.4 Å². The Morgan fingerprint density at radius 1 is 1.38 bits per heavy atom. The van der Waals surface area contributed by atoms with E-state index in [2.05, 4.69) is 10.4 Å². The second kappa shape index (κ2) is 7.49. The highest BCUT2D eigenvalue weighted by Crippen LogP contribution is 2.22. The predicted octanol–water partition coefficient (Wildman–Crippen LogP) is 2.22. The number of carbonyl (C=O) groups excluding carboxylic acids is 1. The molecule has 1 aromatic heterocycles. The number of aromatic nitrogens is 2. The molecule has 2 N–H and O–H groups in total. The number of aliphatic hydroxyl groups is 1. The molecule has 21 heavy (non-hydrogen) atoms. The fourth-order valence-electron chi connectivity index (χ4n) is 1.76. The molecule has 0 spiro atoms. The normalized spacial score (nSPS) is 13.2. The molecular weight excluding hydrogens is 280 g/mol. The van der Waals surface area contributed by atoms with Gasteiger partial charge >= 0.3 is 0 Å². The Morgan fingerprint density at radius 2 is 2.00 bits per heavy atom. The van der Waals surface area contributed by atoms with Crippen molar-refractivity contribution in [3.05, 3.63) is 17.5 Å². The lowest BCUT2D eigenvalue weighted by atomic mass is 10.1. The van der Waals surface area contributed by atoms with E-state index in [0.29, 0.717) is 6.54 Å². The van der Waals surface area contributed by atoms with Gasteiger partial charge < -0.3 is 10.4 Å². The zero-order valence-corrected chi connectivity index (χ0v) is 12.8. The largest absolute Gasteiger partial charge is 0.391 e. The monoisotopic (exact) mass is 303 g/mol. The summed E-state index contributed by atoms with van der Waals surface area (Å²) in [6.07, 6.45) is -2.28. The summed E-state index contributed by atoms with van der Waals surface area (Å²) in [5.74, 6) is -0.486. The molecule has 0 saturated carbocycles. The van der Waals surface area contributed by atoms with Gasteiger partial charge in [0.15, 0.2) is 5.69 Å². The van der Waals surface area contributed by atoms with Crippen molar-refractivity contribution < 1.29 is 18.7 Å². The second-order valence-electron chi connectivity index (χ2n) is 5.87. The summed E-state index contributed by atoms with van der Waals surface area (Å²) < 4.78 is 27.3. The van der Waals surface area contributed by atoms with E-state index in [1.54, 1.807) is 13.8 Å². The molecule has 0 aliphatic heterocycles. The van der Waals surface area contributed by atoms with Crippen LogP contribution in [0.4, 0.5) is 8.78 Å². The Kier molecular flexibility index (Phi) is 6.26. The van der Waals surface area contributed by atoms with Gasteiger partial charge in [0.05, 0.1) is 11.7 Å². The maximum Gasteiger partial charge on any atom is 0.272 e. The van der Waals surface area contributed by atoms with Crippen molar-refractivity contribution in [2.24, 2.45) is 11.8 Å². The van der Waals surface area contributed by atoms with E-state index in [9.17, 15) is 18.7 Å². The van der Waals surface area contributed by atoms with Gasteiger partial charge in [0.25, 0.3) is 12.3 Å². The number of nitrogens with zero attached hydrogens (tertiary/aromatic N) is 2. The van der Waals surface area contributed by atoms with Gasteiger partial charge in [-0.3, -0.25) is 9.48 Å². The quantitative estimate of drug-likeness (QED) is 0.811. The Morgan fingerprint density at radius 3 is 2.48 bits per heavy atom. The summed E-state index contributed by atoms with van der Waals surface area (Å²) in [4.78, 5) is 12.0. The lowest BCUT2D eigenvalue weighted by Crippen LogP contribution is -2.35. The lowest BCUT2D eigenvalue weighted by Gasteiger charge is -2.14. The van der Waals surface area contributed by atoms with Crippen LogP contribution in [0.3, 0.4) is 0 Å². The van der Waals surface area contributed by atoms with E-state index in [1.807, 2.05) is 13.8 Å². The molecule has 1 aromatic rings. The maximum absolute atomic E-state index is 13.0. The number of nitrogens with one attached hydrogen (secondary N) is 1. The average Bonchev–Trinajstić information content (AvgIpc) is 2.78. The van der Waals surface area contributed by atoms with Gasteiger partial charge in [-0.1, -0.05) is 27.7 Å². The van der Waals surface area contributed by atoms with E-state index in [1.165, 1.54) is 10.9 Å². The molecule has 1 amide bonds. The standard InChI is InChI=1S/C14H23F2N3O2/c1-8(2)6-19-7-10(13(15)16)12(18-19)14(21)17-5-11(20)9(3)4/h7-9,11,13,20H,5-6H2,1-4H3,(H,17,21). The van der Waals surface area contributed by atoms with Gasteiger partial charge in [-0.05, 0) is 11.8 Å². The van der Waals surface area contributed by atoms with Crippen molar-refractivity contribution in [1.29, 1.82) is 0 Å². The zero-order chi connectivity index (χ0) is 16.2. The van der Waals surface area contributed by atoms with Crippen LogP contribution < -0.4 is 5.32 Å². The smallest absolute Gasteiger partial charge is 0.272 e. The van der Waals surface area contributed by atoms with Gasteiger partial charge in [-0.15, -0.1) is 0 Å². The number of aliphatic hydroxyl groups excluding tert-OH is 1. The molecule has 0 radical (unpaired) electrons. The number of hydrogen-bond acceptors (Lipinski definition) is 3. The van der Waals surface area contributed by atoms with Crippen molar-refractivity contribution >= 4 is 5.91 Å². The third kappa shape index (κ3) is 5.08. The first-order chi connectivity index (χ1) is 9.72. The highest BCUT2D eigenvalue weighted by atomic mass is 19.3. The number of rotatable bonds is 7. The second-order valence-corrected chi connectivity index (χ2v) is 5.87. The number of carbonyl (C=O) groups is 1. The van der Waals surface area contributed by atoms with E-state index in [4.69, 9.17) is 0 Å².